The zero-order valence-electron chi connectivity index (χ0n) is 18.1. The highest BCUT2D eigenvalue weighted by atomic mass is 16.5. The predicted octanol–water partition coefficient (Wildman–Crippen LogP) is 4.19. The third kappa shape index (κ3) is 3.72. The van der Waals surface area contributed by atoms with Gasteiger partial charge in [0.05, 0.1) is 20.4 Å². The molecule has 2 aromatic carbocycles. The molecular weight excluding hydrogens is 396 g/mol. The molecule has 0 saturated carbocycles. The van der Waals surface area contributed by atoms with Crippen molar-refractivity contribution in [2.45, 2.75) is 19.9 Å². The van der Waals surface area contributed by atoms with Crippen LogP contribution in [0.2, 0.25) is 0 Å². The molecule has 0 spiro atoms. The molecule has 0 atom stereocenters. The first-order valence-corrected chi connectivity index (χ1v) is 9.87. The summed E-state index contributed by atoms with van der Waals surface area (Å²) in [6, 6.07) is 13.5. The molecule has 0 amide bonds. The summed E-state index contributed by atoms with van der Waals surface area (Å²) < 4.78 is 19.8. The van der Waals surface area contributed by atoms with Gasteiger partial charge in [0.15, 0.2) is 5.65 Å². The van der Waals surface area contributed by atoms with Crippen molar-refractivity contribution in [1.29, 1.82) is 0 Å². The second kappa shape index (κ2) is 8.14. The molecule has 0 saturated heterocycles. The van der Waals surface area contributed by atoms with Crippen LogP contribution in [0.15, 0.2) is 53.5 Å². The number of fused-ring (bicyclic) bond motifs is 1. The average Bonchev–Trinajstić information content (AvgIpc) is 3.21. The molecule has 0 aliphatic heterocycles. The Bertz CT molecular complexity index is 1290. The Hall–Kier alpha value is -3.81. The molecule has 0 bridgehead atoms. The van der Waals surface area contributed by atoms with Crippen LogP contribution in [0.5, 0.6) is 23.3 Å². The summed E-state index contributed by atoms with van der Waals surface area (Å²) in [7, 11) is 4.88. The van der Waals surface area contributed by atoms with Gasteiger partial charge in [-0.3, -0.25) is 9.36 Å². The summed E-state index contributed by atoms with van der Waals surface area (Å²) in [5.41, 5.74) is 2.20. The molecule has 2 aromatic heterocycles. The number of benzene rings is 2. The second-order valence-electron chi connectivity index (χ2n) is 7.37. The van der Waals surface area contributed by atoms with Gasteiger partial charge in [-0.1, -0.05) is 12.1 Å². The first kappa shape index (κ1) is 20.5. The normalized spacial score (nSPS) is 11.2. The molecule has 31 heavy (non-hydrogen) atoms. The average molecular weight is 420 g/mol. The number of nitrogens with zero attached hydrogens (tertiary/aromatic N) is 4. The van der Waals surface area contributed by atoms with E-state index in [1.165, 1.54) is 4.57 Å². The smallest absolute Gasteiger partial charge is 0.306 e. The van der Waals surface area contributed by atoms with Crippen LogP contribution in [-0.2, 0) is 7.05 Å². The van der Waals surface area contributed by atoms with Crippen molar-refractivity contribution in [2.75, 3.05) is 14.2 Å². The first-order valence-electron chi connectivity index (χ1n) is 9.87. The number of ether oxygens (including phenoxy) is 3. The maximum absolute atomic E-state index is 12.7. The van der Waals surface area contributed by atoms with Crippen LogP contribution in [0, 0.1) is 0 Å². The fraction of sp³-hybridized carbons (Fsp3) is 0.261. The SMILES string of the molecule is COc1ccc(-c2ccc(Oc3nc4c(cnn4C(C)C)c(=O)n3C)cc2)c(OC)c1. The first-order chi connectivity index (χ1) is 14.9. The van der Waals surface area contributed by atoms with Crippen molar-refractivity contribution in [1.82, 2.24) is 19.3 Å². The minimum absolute atomic E-state index is 0.0729. The van der Waals surface area contributed by atoms with Crippen molar-refractivity contribution in [3.63, 3.8) is 0 Å². The lowest BCUT2D eigenvalue weighted by atomic mass is 10.0. The van der Waals surface area contributed by atoms with E-state index in [-0.39, 0.29) is 17.6 Å². The molecule has 0 unspecified atom stereocenters. The maximum Gasteiger partial charge on any atom is 0.306 e. The van der Waals surface area contributed by atoms with Crippen LogP contribution in [0.3, 0.4) is 0 Å². The number of methoxy groups -OCH3 is 2. The summed E-state index contributed by atoms with van der Waals surface area (Å²) in [4.78, 5) is 17.2. The van der Waals surface area contributed by atoms with Gasteiger partial charge in [-0.2, -0.15) is 10.1 Å². The van der Waals surface area contributed by atoms with Crippen molar-refractivity contribution in [2.24, 2.45) is 7.05 Å². The molecule has 4 rings (SSSR count). The lowest BCUT2D eigenvalue weighted by molar-refractivity contribution is 0.395. The molecule has 0 fully saturated rings. The fourth-order valence-corrected chi connectivity index (χ4v) is 3.37. The Labute approximate surface area is 179 Å². The Morgan fingerprint density at radius 1 is 0.968 bits per heavy atom. The van der Waals surface area contributed by atoms with Gasteiger partial charge in [0.25, 0.3) is 5.56 Å². The van der Waals surface area contributed by atoms with Crippen LogP contribution in [0.25, 0.3) is 22.2 Å². The molecule has 0 aliphatic carbocycles. The quantitative estimate of drug-likeness (QED) is 0.465. The zero-order valence-corrected chi connectivity index (χ0v) is 18.1. The van der Waals surface area contributed by atoms with E-state index < -0.39 is 0 Å². The largest absolute Gasteiger partial charge is 0.497 e. The standard InChI is InChI=1S/C23H24N4O4/c1-14(2)27-21-19(13-24-27)22(28)26(3)23(25-21)31-16-8-6-15(7-9-16)18-11-10-17(29-4)12-20(18)30-5/h6-14H,1-5H3. The Balaban J connectivity index is 1.67. The predicted molar refractivity (Wildman–Crippen MR) is 118 cm³/mol. The zero-order chi connectivity index (χ0) is 22.1. The van der Waals surface area contributed by atoms with Crippen molar-refractivity contribution < 1.29 is 14.2 Å². The van der Waals surface area contributed by atoms with E-state index in [4.69, 9.17) is 14.2 Å². The van der Waals surface area contributed by atoms with E-state index in [1.807, 2.05) is 56.3 Å². The lowest BCUT2D eigenvalue weighted by Crippen LogP contribution is -2.20. The van der Waals surface area contributed by atoms with E-state index in [0.717, 1.165) is 16.9 Å². The molecular formula is C23H24N4O4. The molecule has 0 radical (unpaired) electrons. The number of rotatable bonds is 6. The van der Waals surface area contributed by atoms with Crippen molar-refractivity contribution in [3.8, 4) is 34.4 Å². The number of aromatic nitrogens is 4. The molecule has 8 heteroatoms. The Morgan fingerprint density at radius 3 is 2.32 bits per heavy atom. The van der Waals surface area contributed by atoms with Crippen LogP contribution < -0.4 is 19.8 Å². The fourth-order valence-electron chi connectivity index (χ4n) is 3.37. The molecule has 0 aliphatic rings. The highest BCUT2D eigenvalue weighted by Gasteiger charge is 2.16. The minimum Gasteiger partial charge on any atom is -0.497 e. The van der Waals surface area contributed by atoms with Crippen molar-refractivity contribution >= 4 is 11.0 Å². The number of hydrogen-bond donors (Lipinski definition) is 0. The van der Waals surface area contributed by atoms with Gasteiger partial charge < -0.3 is 14.2 Å². The van der Waals surface area contributed by atoms with Crippen LogP contribution in [0.1, 0.15) is 19.9 Å². The Morgan fingerprint density at radius 2 is 1.68 bits per heavy atom. The lowest BCUT2D eigenvalue weighted by Gasteiger charge is -2.13. The number of hydrogen-bond acceptors (Lipinski definition) is 6. The molecule has 2 heterocycles. The maximum atomic E-state index is 12.7. The molecule has 160 valence electrons. The highest BCUT2D eigenvalue weighted by molar-refractivity contribution is 5.74. The monoisotopic (exact) mass is 420 g/mol. The van der Waals surface area contributed by atoms with E-state index >= 15 is 0 Å². The third-order valence-electron chi connectivity index (χ3n) is 5.06. The molecule has 4 aromatic rings. The summed E-state index contributed by atoms with van der Waals surface area (Å²) >= 11 is 0. The van der Waals surface area contributed by atoms with Gasteiger partial charge in [-0.15, -0.1) is 0 Å². The summed E-state index contributed by atoms with van der Waals surface area (Å²) in [6.07, 6.45) is 1.55. The van der Waals surface area contributed by atoms with Gasteiger partial charge in [0.2, 0.25) is 0 Å². The van der Waals surface area contributed by atoms with Gasteiger partial charge in [0.1, 0.15) is 22.6 Å². The van der Waals surface area contributed by atoms with E-state index in [0.29, 0.717) is 22.5 Å². The highest BCUT2D eigenvalue weighted by Crippen LogP contribution is 2.34. The summed E-state index contributed by atoms with van der Waals surface area (Å²) in [5.74, 6) is 2.00. The topological polar surface area (TPSA) is 80.4 Å². The van der Waals surface area contributed by atoms with E-state index in [1.54, 1.807) is 32.1 Å². The van der Waals surface area contributed by atoms with Crippen LogP contribution >= 0.6 is 0 Å². The Kier molecular flexibility index (Phi) is 5.37. The van der Waals surface area contributed by atoms with Gasteiger partial charge in [-0.05, 0) is 43.7 Å². The van der Waals surface area contributed by atoms with Gasteiger partial charge in [0, 0.05) is 24.7 Å². The second-order valence-corrected chi connectivity index (χ2v) is 7.37. The van der Waals surface area contributed by atoms with Crippen LogP contribution in [0.4, 0.5) is 0 Å². The summed E-state index contributed by atoms with van der Waals surface area (Å²) in [6.45, 7) is 3.97. The third-order valence-corrected chi connectivity index (χ3v) is 5.06. The van der Waals surface area contributed by atoms with E-state index in [2.05, 4.69) is 10.1 Å². The van der Waals surface area contributed by atoms with Crippen molar-refractivity contribution in [3.05, 3.63) is 59.0 Å². The minimum atomic E-state index is -0.202. The van der Waals surface area contributed by atoms with Crippen LogP contribution in [-0.4, -0.2) is 33.6 Å². The molecule has 8 nitrogen and oxygen atoms in total. The van der Waals surface area contributed by atoms with Gasteiger partial charge >= 0.3 is 6.01 Å². The molecule has 0 N–H and O–H groups in total. The summed E-state index contributed by atoms with van der Waals surface area (Å²) in [5, 5.41) is 4.75. The van der Waals surface area contributed by atoms with Gasteiger partial charge in [-0.25, -0.2) is 4.68 Å². The van der Waals surface area contributed by atoms with E-state index in [9.17, 15) is 4.79 Å².